The number of nitrogens with one attached hydrogen (secondary N) is 1. The molecular formula is C26H20F2N2O2. The van der Waals surface area contributed by atoms with E-state index in [4.69, 9.17) is 4.42 Å². The van der Waals surface area contributed by atoms with Crippen molar-refractivity contribution < 1.29 is 13.2 Å². The van der Waals surface area contributed by atoms with E-state index in [0.29, 0.717) is 27.8 Å². The molecule has 1 heterocycles. The molecule has 160 valence electrons. The van der Waals surface area contributed by atoms with Gasteiger partial charge >= 0.3 is 0 Å². The molecule has 0 unspecified atom stereocenters. The summed E-state index contributed by atoms with van der Waals surface area (Å²) in [6, 6.07) is 15.3. The summed E-state index contributed by atoms with van der Waals surface area (Å²) in [6.07, 6.45) is 0. The van der Waals surface area contributed by atoms with Gasteiger partial charge < -0.3 is 9.73 Å². The Morgan fingerprint density at radius 2 is 1.81 bits per heavy atom. The van der Waals surface area contributed by atoms with Crippen LogP contribution in [0.4, 0.5) is 14.5 Å². The highest BCUT2D eigenvalue weighted by Crippen LogP contribution is 2.33. The van der Waals surface area contributed by atoms with Gasteiger partial charge in [-0.25, -0.2) is 8.78 Å². The predicted molar refractivity (Wildman–Crippen MR) is 121 cm³/mol. The Labute approximate surface area is 183 Å². The van der Waals surface area contributed by atoms with Crippen LogP contribution in [0.2, 0.25) is 0 Å². The van der Waals surface area contributed by atoms with Gasteiger partial charge in [-0.15, -0.1) is 0 Å². The third-order valence-corrected chi connectivity index (χ3v) is 5.45. The van der Waals surface area contributed by atoms with Gasteiger partial charge in [0.1, 0.15) is 29.0 Å². The Morgan fingerprint density at radius 3 is 2.53 bits per heavy atom. The second kappa shape index (κ2) is 8.27. The summed E-state index contributed by atoms with van der Waals surface area (Å²) in [5.41, 5.74) is 2.78. The van der Waals surface area contributed by atoms with E-state index in [9.17, 15) is 18.8 Å². The zero-order valence-electron chi connectivity index (χ0n) is 17.8. The van der Waals surface area contributed by atoms with Gasteiger partial charge in [-0.2, -0.15) is 5.26 Å². The lowest BCUT2D eigenvalue weighted by Gasteiger charge is -2.19. The fourth-order valence-electron chi connectivity index (χ4n) is 3.84. The molecule has 0 spiro atoms. The minimum atomic E-state index is -0.503. The number of fused-ring (bicyclic) bond motifs is 1. The molecule has 3 aromatic carbocycles. The molecule has 4 rings (SSSR count). The summed E-state index contributed by atoms with van der Waals surface area (Å²) in [4.78, 5) is 13.2. The Balaban J connectivity index is 1.91. The molecule has 6 heteroatoms. The van der Waals surface area contributed by atoms with Crippen molar-refractivity contribution in [2.75, 3.05) is 5.32 Å². The molecule has 0 radical (unpaired) electrons. The van der Waals surface area contributed by atoms with Crippen molar-refractivity contribution in [3.8, 4) is 17.4 Å². The highest BCUT2D eigenvalue weighted by molar-refractivity contribution is 5.84. The zero-order valence-corrected chi connectivity index (χ0v) is 17.8. The summed E-state index contributed by atoms with van der Waals surface area (Å²) in [5, 5.41) is 12.9. The summed E-state index contributed by atoms with van der Waals surface area (Å²) in [7, 11) is 0. The average molecular weight is 430 g/mol. The Kier molecular flexibility index (Phi) is 5.50. The molecule has 1 aromatic heterocycles. The quantitative estimate of drug-likeness (QED) is 0.407. The maximum Gasteiger partial charge on any atom is 0.196 e. The van der Waals surface area contributed by atoms with Crippen LogP contribution in [0.5, 0.6) is 0 Å². The van der Waals surface area contributed by atoms with Crippen LogP contribution in [-0.4, -0.2) is 0 Å². The predicted octanol–water partition coefficient (Wildman–Crippen LogP) is 6.40. The van der Waals surface area contributed by atoms with Crippen LogP contribution in [-0.2, 0) is 0 Å². The lowest BCUT2D eigenvalue weighted by molar-refractivity contribution is 0.586. The molecular weight excluding hydrogens is 410 g/mol. The second-order valence-corrected chi connectivity index (χ2v) is 7.76. The number of aryl methyl sites for hydroxylation is 1. The summed E-state index contributed by atoms with van der Waals surface area (Å²) in [5.74, 6) is -0.808. The van der Waals surface area contributed by atoms with Gasteiger partial charge in [0.05, 0.1) is 28.2 Å². The molecule has 0 bridgehead atoms. The summed E-state index contributed by atoms with van der Waals surface area (Å²) in [6.45, 7) is 5.34. The van der Waals surface area contributed by atoms with Crippen molar-refractivity contribution in [2.45, 2.75) is 26.8 Å². The van der Waals surface area contributed by atoms with Crippen molar-refractivity contribution >= 4 is 16.7 Å². The van der Waals surface area contributed by atoms with Crippen LogP contribution in [0.3, 0.4) is 0 Å². The number of halogens is 2. The number of nitrogens with zero attached hydrogens (tertiary/aromatic N) is 1. The third kappa shape index (κ3) is 3.74. The van der Waals surface area contributed by atoms with E-state index in [2.05, 4.69) is 5.32 Å². The van der Waals surface area contributed by atoms with Crippen LogP contribution in [0.25, 0.3) is 22.3 Å². The Bertz CT molecular complexity index is 1450. The number of hydrogen-bond donors (Lipinski definition) is 1. The fourth-order valence-corrected chi connectivity index (χ4v) is 3.84. The topological polar surface area (TPSA) is 66.0 Å². The van der Waals surface area contributed by atoms with E-state index in [1.165, 1.54) is 18.2 Å². The number of anilines is 1. The Morgan fingerprint density at radius 1 is 1.06 bits per heavy atom. The number of rotatable bonds is 4. The van der Waals surface area contributed by atoms with Gasteiger partial charge in [0.25, 0.3) is 0 Å². The molecule has 0 fully saturated rings. The molecule has 0 aliphatic carbocycles. The highest BCUT2D eigenvalue weighted by Gasteiger charge is 2.20. The fraction of sp³-hybridized carbons (Fsp3) is 0.154. The van der Waals surface area contributed by atoms with Gasteiger partial charge in [0.15, 0.2) is 5.43 Å². The third-order valence-electron chi connectivity index (χ3n) is 5.45. The van der Waals surface area contributed by atoms with E-state index >= 15 is 0 Å². The number of benzene rings is 3. The van der Waals surface area contributed by atoms with Crippen LogP contribution in [0.15, 0.2) is 63.8 Å². The molecule has 32 heavy (non-hydrogen) atoms. The van der Waals surface area contributed by atoms with Crippen molar-refractivity contribution in [2.24, 2.45) is 0 Å². The first-order valence-electron chi connectivity index (χ1n) is 10.1. The second-order valence-electron chi connectivity index (χ2n) is 7.76. The van der Waals surface area contributed by atoms with E-state index < -0.39 is 17.7 Å². The maximum absolute atomic E-state index is 14.5. The van der Waals surface area contributed by atoms with E-state index in [-0.39, 0.29) is 22.3 Å². The molecule has 1 N–H and O–H groups in total. The lowest BCUT2D eigenvalue weighted by atomic mass is 9.98. The maximum atomic E-state index is 14.5. The van der Waals surface area contributed by atoms with Crippen molar-refractivity contribution in [3.63, 3.8) is 0 Å². The van der Waals surface area contributed by atoms with E-state index in [0.717, 1.165) is 11.6 Å². The smallest absolute Gasteiger partial charge is 0.196 e. The average Bonchev–Trinajstić information content (AvgIpc) is 2.77. The van der Waals surface area contributed by atoms with Crippen molar-refractivity contribution in [1.29, 1.82) is 5.26 Å². The van der Waals surface area contributed by atoms with E-state index in [1.54, 1.807) is 31.2 Å². The normalized spacial score (nSPS) is 11.9. The number of hydrogen-bond acceptors (Lipinski definition) is 4. The lowest BCUT2D eigenvalue weighted by Crippen LogP contribution is -2.13. The summed E-state index contributed by atoms with van der Waals surface area (Å²) < 4.78 is 34.2. The van der Waals surface area contributed by atoms with Crippen molar-refractivity contribution in [1.82, 2.24) is 0 Å². The molecule has 1 atom stereocenters. The Hall–Kier alpha value is -3.98. The first kappa shape index (κ1) is 21.3. The SMILES string of the molecule is Cc1cc([C@@H](C)Nc2ccc(F)cc2C#N)c2oc(-c3ccccc3F)c(C)c(=O)c2c1. The van der Waals surface area contributed by atoms with Crippen LogP contribution >= 0.6 is 0 Å². The van der Waals surface area contributed by atoms with Gasteiger partial charge in [-0.05, 0) is 62.7 Å². The molecule has 0 amide bonds. The molecule has 0 aliphatic heterocycles. The standard InChI is InChI=1S/C26H20F2N2O2/c1-14-10-20(16(3)30-23-9-8-18(27)12-17(23)13-29)26-21(11-14)24(31)15(2)25(32-26)19-6-4-5-7-22(19)28/h4-12,16,30H,1-3H3/t16-/m1/s1. The molecule has 4 aromatic rings. The molecule has 0 aliphatic rings. The van der Waals surface area contributed by atoms with Crippen molar-refractivity contribution in [3.05, 3.63) is 98.7 Å². The highest BCUT2D eigenvalue weighted by atomic mass is 19.1. The summed E-state index contributed by atoms with van der Waals surface area (Å²) >= 11 is 0. The van der Waals surface area contributed by atoms with Gasteiger partial charge in [0.2, 0.25) is 0 Å². The van der Waals surface area contributed by atoms with Gasteiger partial charge in [-0.3, -0.25) is 4.79 Å². The molecule has 0 saturated heterocycles. The minimum Gasteiger partial charge on any atom is -0.455 e. The van der Waals surface area contributed by atoms with Gasteiger partial charge in [-0.1, -0.05) is 18.2 Å². The monoisotopic (exact) mass is 430 g/mol. The van der Waals surface area contributed by atoms with Crippen LogP contribution in [0.1, 0.15) is 35.2 Å². The largest absolute Gasteiger partial charge is 0.455 e. The van der Waals surface area contributed by atoms with Crippen LogP contribution in [0, 0.1) is 36.8 Å². The molecule has 4 nitrogen and oxygen atoms in total. The van der Waals surface area contributed by atoms with Crippen LogP contribution < -0.4 is 10.7 Å². The first-order chi connectivity index (χ1) is 15.3. The van der Waals surface area contributed by atoms with E-state index in [1.807, 2.05) is 26.0 Å². The van der Waals surface area contributed by atoms with Gasteiger partial charge in [0, 0.05) is 11.1 Å². The first-order valence-corrected chi connectivity index (χ1v) is 10.1. The zero-order chi connectivity index (χ0) is 23.0. The number of nitriles is 1. The molecule has 0 saturated carbocycles. The minimum absolute atomic E-state index is 0.165.